The Hall–Kier alpha value is -6.26. The zero-order valence-electron chi connectivity index (χ0n) is 34.8. The molecule has 60 heavy (non-hydrogen) atoms. The van der Waals surface area contributed by atoms with Crippen molar-refractivity contribution in [3.05, 3.63) is 133 Å². The Bertz CT molecular complexity index is 2550. The van der Waals surface area contributed by atoms with Crippen LogP contribution in [0.2, 0.25) is 0 Å². The van der Waals surface area contributed by atoms with E-state index in [-0.39, 0.29) is 0 Å². The van der Waals surface area contributed by atoms with Crippen molar-refractivity contribution in [1.82, 2.24) is 15.5 Å². The van der Waals surface area contributed by atoms with Crippen LogP contribution >= 0.6 is 0 Å². The Morgan fingerprint density at radius 3 is 1.20 bits per heavy atom. The molecule has 0 saturated carbocycles. The van der Waals surface area contributed by atoms with E-state index in [0.717, 1.165) is 123 Å². The molecule has 9 heteroatoms. The second-order valence-electron chi connectivity index (χ2n) is 16.1. The van der Waals surface area contributed by atoms with Crippen molar-refractivity contribution in [2.45, 2.75) is 38.8 Å². The van der Waals surface area contributed by atoms with E-state index in [2.05, 4.69) is 141 Å². The smallest absolute Gasteiger partial charge is 0.220 e. The van der Waals surface area contributed by atoms with Crippen LogP contribution in [-0.2, 0) is 13.1 Å². The van der Waals surface area contributed by atoms with Crippen LogP contribution in [0.5, 0.6) is 0 Å². The van der Waals surface area contributed by atoms with E-state index in [1.807, 2.05) is 24.3 Å². The second-order valence-corrected chi connectivity index (χ2v) is 16.1. The van der Waals surface area contributed by atoms with Crippen molar-refractivity contribution >= 4 is 66.1 Å². The summed E-state index contributed by atoms with van der Waals surface area (Å²) in [7, 11) is 2.23. The highest BCUT2D eigenvalue weighted by molar-refractivity contribution is 6.11. The highest BCUT2D eigenvalue weighted by atomic mass is 15.1. The van der Waals surface area contributed by atoms with Crippen LogP contribution in [-0.4, -0.2) is 51.2 Å². The normalized spacial score (nSPS) is 11.8. The first-order valence-electron chi connectivity index (χ1n) is 21.4. The molecule has 0 bridgehead atoms. The minimum Gasteiger partial charge on any atom is -0.399 e. The van der Waals surface area contributed by atoms with E-state index >= 15 is 0 Å². The largest absolute Gasteiger partial charge is 0.399 e. The average molecular weight is 798 g/mol. The predicted octanol–water partition coefficient (Wildman–Crippen LogP) is 7.91. The minimum atomic E-state index is 0.765. The van der Waals surface area contributed by atoms with Gasteiger partial charge in [-0.1, -0.05) is 48.5 Å². The number of nitrogens with one attached hydrogen (secondary N) is 2. The first-order valence-corrected chi connectivity index (χ1v) is 21.4. The summed E-state index contributed by atoms with van der Waals surface area (Å²) in [6, 6.07) is 46.2. The van der Waals surface area contributed by atoms with Crippen molar-refractivity contribution in [3.63, 3.8) is 0 Å². The van der Waals surface area contributed by atoms with Crippen molar-refractivity contribution in [3.8, 4) is 22.5 Å². The highest BCUT2D eigenvalue weighted by Crippen LogP contribution is 2.35. The fraction of sp³-hybridized carbons (Fsp3) is 0.255. The van der Waals surface area contributed by atoms with Crippen LogP contribution in [0.3, 0.4) is 0 Å². The molecular weight excluding hydrogens is 739 g/mol. The van der Waals surface area contributed by atoms with E-state index in [1.165, 1.54) is 44.1 Å². The zero-order valence-corrected chi connectivity index (χ0v) is 34.8. The molecule has 10 N–H and O–H groups in total. The fourth-order valence-corrected chi connectivity index (χ4v) is 8.83. The van der Waals surface area contributed by atoms with Gasteiger partial charge in [0.2, 0.25) is 22.4 Å². The lowest BCUT2D eigenvalue weighted by Crippen LogP contribution is -2.39. The number of aryl methyl sites for hydroxylation is 2. The number of pyridine rings is 2. The number of hydrogen-bond acceptors (Lipinski definition) is 7. The molecule has 0 spiro atoms. The summed E-state index contributed by atoms with van der Waals surface area (Å²) in [6.07, 6.45) is 4.21. The molecule has 0 amide bonds. The highest BCUT2D eigenvalue weighted by Gasteiger charge is 2.25. The fourth-order valence-electron chi connectivity index (χ4n) is 8.83. The average Bonchev–Trinajstić information content (AvgIpc) is 3.26. The quantitative estimate of drug-likeness (QED) is 0.0225. The van der Waals surface area contributed by atoms with Crippen LogP contribution in [0, 0.1) is 0 Å². The number of anilines is 4. The number of hydrogen-bond donors (Lipinski definition) is 6. The van der Waals surface area contributed by atoms with Crippen LogP contribution in [0.4, 0.5) is 22.7 Å². The Morgan fingerprint density at radius 2 is 0.783 bits per heavy atom. The lowest BCUT2D eigenvalue weighted by molar-refractivity contribution is -0.659. The Kier molecular flexibility index (Phi) is 12.7. The van der Waals surface area contributed by atoms with E-state index in [0.29, 0.717) is 0 Å². The molecule has 306 valence electrons. The molecular formula is C51H59N9+2. The van der Waals surface area contributed by atoms with Crippen molar-refractivity contribution in [1.29, 1.82) is 0 Å². The van der Waals surface area contributed by atoms with Gasteiger partial charge in [-0.15, -0.1) is 0 Å². The molecule has 8 rings (SSSR count). The molecule has 0 atom stereocenters. The van der Waals surface area contributed by atoms with Crippen molar-refractivity contribution in [2.24, 2.45) is 0 Å². The number of nitrogens with two attached hydrogens (primary N) is 4. The molecule has 9 nitrogen and oxygen atoms in total. The van der Waals surface area contributed by atoms with Gasteiger partial charge in [0, 0.05) is 82.7 Å². The Balaban J connectivity index is 0.803. The number of rotatable bonds is 18. The van der Waals surface area contributed by atoms with Crippen LogP contribution in [0.25, 0.3) is 65.9 Å². The van der Waals surface area contributed by atoms with Gasteiger partial charge < -0.3 is 38.5 Å². The van der Waals surface area contributed by atoms with Gasteiger partial charge in [0.05, 0.1) is 21.5 Å². The van der Waals surface area contributed by atoms with Gasteiger partial charge >= 0.3 is 0 Å². The van der Waals surface area contributed by atoms with Gasteiger partial charge in [0.15, 0.2) is 13.1 Å². The maximum Gasteiger partial charge on any atom is 0.220 e. The van der Waals surface area contributed by atoms with E-state index < -0.39 is 0 Å². The Labute approximate surface area is 353 Å². The third kappa shape index (κ3) is 8.99. The predicted molar refractivity (Wildman–Crippen MR) is 254 cm³/mol. The van der Waals surface area contributed by atoms with E-state index in [9.17, 15) is 0 Å². The molecule has 0 fully saturated rings. The zero-order chi connectivity index (χ0) is 41.4. The van der Waals surface area contributed by atoms with Gasteiger partial charge in [-0.05, 0) is 119 Å². The summed E-state index contributed by atoms with van der Waals surface area (Å²) in [5.74, 6) is 0. The molecule has 8 aromatic rings. The molecule has 0 saturated heterocycles. The van der Waals surface area contributed by atoms with Crippen molar-refractivity contribution < 1.29 is 9.13 Å². The summed E-state index contributed by atoms with van der Waals surface area (Å²) in [5, 5.41) is 14.5. The monoisotopic (exact) mass is 797 g/mol. The van der Waals surface area contributed by atoms with Gasteiger partial charge in [0.25, 0.3) is 0 Å². The second kappa shape index (κ2) is 18.8. The molecule has 0 unspecified atom stereocenters. The topological polar surface area (TPSA) is 139 Å². The van der Waals surface area contributed by atoms with E-state index in [4.69, 9.17) is 22.9 Å². The van der Waals surface area contributed by atoms with Crippen LogP contribution < -0.4 is 42.7 Å². The molecule has 2 heterocycles. The maximum atomic E-state index is 6.36. The molecule has 0 aliphatic heterocycles. The standard InChI is InChI=1S/C51H57N9/c1-58(28-8-24-56-26-10-30-59-48-34-40(54)18-22-44(48)42-20-16-38(52)32-46(42)50(59)36-12-4-2-5-13-36)29-9-25-57-27-11-31-60-49-35-41(55)19-23-45(49)43-21-17-39(53)33-47(43)51(60)37-14-6-3-7-15-37/h2-7,12-23,32-35,54-57H,8-11,24-31,52-53H2,1H3/p+2. The molecule has 2 aromatic heterocycles. The van der Waals surface area contributed by atoms with Gasteiger partial charge in [-0.25, -0.2) is 0 Å². The van der Waals surface area contributed by atoms with Gasteiger partial charge in [-0.2, -0.15) is 9.13 Å². The first-order chi connectivity index (χ1) is 29.4. The van der Waals surface area contributed by atoms with E-state index in [1.54, 1.807) is 0 Å². The SMILES string of the molecule is CN(CCCNCCC[n+]1c(-c2ccccc2)c2cc(N)ccc2c2ccc(N)cc21)CCCNCCC[n+]1c(-c2ccccc2)c2cc(N)ccc2c2ccc(N)cc21. The molecule has 0 radical (unpaired) electrons. The summed E-state index contributed by atoms with van der Waals surface area (Å²) in [5.41, 5.74) is 35.5. The van der Waals surface area contributed by atoms with Crippen molar-refractivity contribution in [2.75, 3.05) is 69.3 Å². The first kappa shape index (κ1) is 40.5. The van der Waals surface area contributed by atoms with Gasteiger partial charge in [0.1, 0.15) is 0 Å². The summed E-state index contributed by atoms with van der Waals surface area (Å²) in [4.78, 5) is 2.45. The van der Waals surface area contributed by atoms with Crippen LogP contribution in [0.15, 0.2) is 133 Å². The number of nitrogen functional groups attached to an aromatic ring is 4. The maximum absolute atomic E-state index is 6.36. The van der Waals surface area contributed by atoms with Gasteiger partial charge in [-0.3, -0.25) is 0 Å². The minimum absolute atomic E-state index is 0.765. The number of fused-ring (bicyclic) bond motifs is 6. The third-order valence-electron chi connectivity index (χ3n) is 11.7. The van der Waals surface area contributed by atoms with Crippen LogP contribution in [0.1, 0.15) is 25.7 Å². The number of nitrogens with zero attached hydrogens (tertiary/aromatic N) is 3. The number of benzene rings is 6. The lowest BCUT2D eigenvalue weighted by Gasteiger charge is -2.17. The molecule has 0 aliphatic carbocycles. The number of aromatic nitrogens is 2. The summed E-state index contributed by atoms with van der Waals surface area (Å²) >= 11 is 0. The molecule has 6 aromatic carbocycles. The molecule has 0 aliphatic rings. The Morgan fingerprint density at radius 1 is 0.417 bits per heavy atom. The lowest BCUT2D eigenvalue weighted by atomic mass is 9.98. The summed E-state index contributed by atoms with van der Waals surface area (Å²) in [6.45, 7) is 7.73. The third-order valence-corrected chi connectivity index (χ3v) is 11.7. The summed E-state index contributed by atoms with van der Waals surface area (Å²) < 4.78 is 4.87.